The molecule has 0 bridgehead atoms. The van der Waals surface area contributed by atoms with Crippen LogP contribution in [-0.4, -0.2) is 25.2 Å². The fraction of sp³-hybridized carbons (Fsp3) is 0.174. The zero-order valence-electron chi connectivity index (χ0n) is 16.7. The van der Waals surface area contributed by atoms with Gasteiger partial charge in [-0.1, -0.05) is 53.5 Å². The number of anilines is 1. The molecule has 0 radical (unpaired) electrons. The summed E-state index contributed by atoms with van der Waals surface area (Å²) >= 11 is 12.4. The maximum absolute atomic E-state index is 13.3. The van der Waals surface area contributed by atoms with Gasteiger partial charge in [0.2, 0.25) is 10.0 Å². The molecule has 160 valence electrons. The molecule has 0 atom stereocenters. The summed E-state index contributed by atoms with van der Waals surface area (Å²) in [6.45, 7) is 2.56. The third-order valence-electron chi connectivity index (χ3n) is 5.29. The molecule has 5 nitrogen and oxygen atoms in total. The highest BCUT2D eigenvalue weighted by molar-refractivity contribution is 7.89. The summed E-state index contributed by atoms with van der Waals surface area (Å²) in [5.41, 5.74) is 3.58. The highest BCUT2D eigenvalue weighted by Crippen LogP contribution is 2.29. The van der Waals surface area contributed by atoms with Crippen LogP contribution in [0.15, 0.2) is 65.6 Å². The molecule has 0 saturated heterocycles. The van der Waals surface area contributed by atoms with Crippen LogP contribution >= 0.6 is 23.2 Å². The molecule has 0 spiro atoms. The maximum Gasteiger partial charge on any atom is 0.257 e. The fourth-order valence-electron chi connectivity index (χ4n) is 3.57. The topological polar surface area (TPSA) is 66.5 Å². The van der Waals surface area contributed by atoms with E-state index in [-0.39, 0.29) is 15.5 Å². The number of fused-ring (bicyclic) bond motifs is 1. The number of hydrogen-bond donors (Lipinski definition) is 1. The number of amides is 1. The summed E-state index contributed by atoms with van der Waals surface area (Å²) in [4.78, 5) is 12.9. The second kappa shape index (κ2) is 8.63. The van der Waals surface area contributed by atoms with Gasteiger partial charge in [-0.05, 0) is 60.4 Å². The Labute approximate surface area is 191 Å². The molecule has 8 heteroatoms. The number of hydrogen-bond acceptors (Lipinski definition) is 3. The van der Waals surface area contributed by atoms with Crippen molar-refractivity contribution < 1.29 is 13.2 Å². The van der Waals surface area contributed by atoms with Crippen LogP contribution in [0.3, 0.4) is 0 Å². The predicted octanol–water partition coefficient (Wildman–Crippen LogP) is 5.30. The third-order valence-corrected chi connectivity index (χ3v) is 7.77. The minimum absolute atomic E-state index is 0.0245. The van der Waals surface area contributed by atoms with Crippen molar-refractivity contribution in [3.8, 4) is 0 Å². The summed E-state index contributed by atoms with van der Waals surface area (Å²) in [5.74, 6) is -0.531. The molecule has 31 heavy (non-hydrogen) atoms. The Morgan fingerprint density at radius 3 is 2.45 bits per heavy atom. The van der Waals surface area contributed by atoms with Crippen molar-refractivity contribution in [1.29, 1.82) is 0 Å². The molecule has 4 rings (SSSR count). The normalized spacial score (nSPS) is 14.2. The minimum Gasteiger partial charge on any atom is -0.321 e. The molecule has 1 aliphatic heterocycles. The van der Waals surface area contributed by atoms with Crippen molar-refractivity contribution in [2.24, 2.45) is 0 Å². The SMILES string of the molecule is Cc1ccc(NC(=O)c2cc(S(=O)(=O)N3CCc4ccccc4C3)ccc2Cl)c(Cl)c1. The Bertz CT molecular complexity index is 1280. The number of sulfonamides is 1. The van der Waals surface area contributed by atoms with Gasteiger partial charge in [0.25, 0.3) is 5.91 Å². The van der Waals surface area contributed by atoms with Crippen LogP contribution in [0.4, 0.5) is 5.69 Å². The molecule has 0 aromatic heterocycles. The number of benzene rings is 3. The van der Waals surface area contributed by atoms with Gasteiger partial charge in [0.15, 0.2) is 0 Å². The van der Waals surface area contributed by atoms with E-state index in [0.29, 0.717) is 30.2 Å². The van der Waals surface area contributed by atoms with Gasteiger partial charge in [-0.15, -0.1) is 0 Å². The zero-order chi connectivity index (χ0) is 22.2. The van der Waals surface area contributed by atoms with Gasteiger partial charge in [-0.25, -0.2) is 8.42 Å². The smallest absolute Gasteiger partial charge is 0.257 e. The maximum atomic E-state index is 13.3. The van der Waals surface area contributed by atoms with Crippen LogP contribution in [0.2, 0.25) is 10.0 Å². The molecular formula is C23H20Cl2N2O3S. The summed E-state index contributed by atoms with van der Waals surface area (Å²) in [7, 11) is -3.80. The molecule has 1 N–H and O–H groups in total. The molecule has 0 fully saturated rings. The van der Waals surface area contributed by atoms with Gasteiger partial charge in [-0.3, -0.25) is 4.79 Å². The largest absolute Gasteiger partial charge is 0.321 e. The Kier molecular flexibility index (Phi) is 6.08. The predicted molar refractivity (Wildman–Crippen MR) is 123 cm³/mol. The minimum atomic E-state index is -3.80. The average molecular weight is 475 g/mol. The van der Waals surface area contributed by atoms with Gasteiger partial charge in [-0.2, -0.15) is 4.31 Å². The number of nitrogens with one attached hydrogen (secondary N) is 1. The van der Waals surface area contributed by atoms with Crippen molar-refractivity contribution in [2.45, 2.75) is 24.8 Å². The van der Waals surface area contributed by atoms with E-state index in [1.807, 2.05) is 37.3 Å². The van der Waals surface area contributed by atoms with E-state index in [2.05, 4.69) is 5.32 Å². The first kappa shape index (κ1) is 21.8. The molecule has 1 amide bonds. The molecule has 3 aromatic carbocycles. The van der Waals surface area contributed by atoms with Crippen LogP contribution < -0.4 is 5.32 Å². The third kappa shape index (κ3) is 4.48. The highest BCUT2D eigenvalue weighted by Gasteiger charge is 2.29. The van der Waals surface area contributed by atoms with E-state index in [1.54, 1.807) is 12.1 Å². The number of nitrogens with zero attached hydrogens (tertiary/aromatic N) is 1. The van der Waals surface area contributed by atoms with E-state index < -0.39 is 15.9 Å². The summed E-state index contributed by atoms with van der Waals surface area (Å²) in [5, 5.41) is 3.25. The van der Waals surface area contributed by atoms with Gasteiger partial charge in [0.05, 0.1) is 26.2 Å². The fourth-order valence-corrected chi connectivity index (χ4v) is 5.51. The molecule has 1 heterocycles. The average Bonchev–Trinajstić information content (AvgIpc) is 2.75. The van der Waals surface area contributed by atoms with Gasteiger partial charge >= 0.3 is 0 Å². The quantitative estimate of drug-likeness (QED) is 0.557. The van der Waals surface area contributed by atoms with Crippen LogP contribution in [0, 0.1) is 6.92 Å². The summed E-state index contributed by atoms with van der Waals surface area (Å²) < 4.78 is 28.0. The second-order valence-corrected chi connectivity index (χ2v) is 10.2. The van der Waals surface area contributed by atoms with E-state index >= 15 is 0 Å². The van der Waals surface area contributed by atoms with E-state index in [1.165, 1.54) is 22.5 Å². The van der Waals surface area contributed by atoms with Crippen LogP contribution in [0.1, 0.15) is 27.0 Å². The van der Waals surface area contributed by atoms with Crippen molar-refractivity contribution in [1.82, 2.24) is 4.31 Å². The Morgan fingerprint density at radius 2 is 1.71 bits per heavy atom. The lowest BCUT2D eigenvalue weighted by molar-refractivity contribution is 0.102. The Balaban J connectivity index is 1.62. The van der Waals surface area contributed by atoms with E-state index in [0.717, 1.165) is 16.7 Å². The first-order valence-corrected chi connectivity index (χ1v) is 11.9. The van der Waals surface area contributed by atoms with E-state index in [9.17, 15) is 13.2 Å². The number of rotatable bonds is 4. The van der Waals surface area contributed by atoms with Crippen molar-refractivity contribution >= 4 is 44.8 Å². The number of carbonyl (C=O) groups is 1. The second-order valence-electron chi connectivity index (χ2n) is 7.44. The van der Waals surface area contributed by atoms with E-state index in [4.69, 9.17) is 23.2 Å². The lowest BCUT2D eigenvalue weighted by Gasteiger charge is -2.28. The highest BCUT2D eigenvalue weighted by atomic mass is 35.5. The van der Waals surface area contributed by atoms with Crippen molar-refractivity contribution in [3.63, 3.8) is 0 Å². The summed E-state index contributed by atoms with van der Waals surface area (Å²) in [6.07, 6.45) is 0.641. The van der Waals surface area contributed by atoms with Gasteiger partial charge in [0.1, 0.15) is 0 Å². The Hall–Kier alpha value is -2.38. The molecule has 0 aliphatic carbocycles. The number of aryl methyl sites for hydroxylation is 1. The molecule has 3 aromatic rings. The Morgan fingerprint density at radius 1 is 0.968 bits per heavy atom. The molecule has 1 aliphatic rings. The first-order chi connectivity index (χ1) is 14.8. The van der Waals surface area contributed by atoms with Gasteiger partial charge < -0.3 is 5.32 Å². The molecule has 0 unspecified atom stereocenters. The van der Waals surface area contributed by atoms with Crippen LogP contribution in [-0.2, 0) is 23.0 Å². The zero-order valence-corrected chi connectivity index (χ0v) is 19.1. The van der Waals surface area contributed by atoms with Crippen LogP contribution in [0.5, 0.6) is 0 Å². The number of carbonyl (C=O) groups excluding carboxylic acids is 1. The van der Waals surface area contributed by atoms with Crippen molar-refractivity contribution in [2.75, 3.05) is 11.9 Å². The van der Waals surface area contributed by atoms with Crippen molar-refractivity contribution in [3.05, 3.63) is 93.0 Å². The lowest BCUT2D eigenvalue weighted by Crippen LogP contribution is -2.36. The standard InChI is InChI=1S/C23H20Cl2N2O3S/c1-15-6-9-22(21(25)12-15)26-23(28)19-13-18(7-8-20(19)24)31(29,30)27-11-10-16-4-2-3-5-17(16)14-27/h2-9,12-13H,10-11,14H2,1H3,(H,26,28). The van der Waals surface area contributed by atoms with Crippen LogP contribution in [0.25, 0.3) is 0 Å². The molecular weight excluding hydrogens is 455 g/mol. The first-order valence-electron chi connectivity index (χ1n) is 9.70. The van der Waals surface area contributed by atoms with Gasteiger partial charge in [0, 0.05) is 13.1 Å². The summed E-state index contributed by atoms with van der Waals surface area (Å²) in [6, 6.07) is 17.2. The lowest BCUT2D eigenvalue weighted by atomic mass is 10.0. The monoisotopic (exact) mass is 474 g/mol. The molecule has 0 saturated carbocycles. The number of halogens is 2.